The van der Waals surface area contributed by atoms with Gasteiger partial charge in [-0.2, -0.15) is 0 Å². The number of anilines is 1. The van der Waals surface area contributed by atoms with Crippen LogP contribution in [0.4, 0.5) is 5.82 Å². The van der Waals surface area contributed by atoms with Gasteiger partial charge in [-0.1, -0.05) is 12.8 Å². The molecular formula is C13H20IN3O. The largest absolute Gasteiger partial charge is 0.383 e. The van der Waals surface area contributed by atoms with E-state index < -0.39 is 0 Å². The molecule has 1 aliphatic carbocycles. The molecule has 0 amide bonds. The van der Waals surface area contributed by atoms with Gasteiger partial charge in [0.05, 0.1) is 15.4 Å². The molecular weight excluding hydrogens is 341 g/mol. The van der Waals surface area contributed by atoms with Crippen molar-refractivity contribution in [3.8, 4) is 0 Å². The topological polar surface area (TPSA) is 61.0 Å². The molecule has 0 radical (unpaired) electrons. The SMILES string of the molecule is COC(C)Cc1nc(N)c(I)c(C2CCCC2)n1. The highest BCUT2D eigenvalue weighted by Crippen LogP contribution is 2.36. The Morgan fingerprint density at radius 2 is 2.06 bits per heavy atom. The van der Waals surface area contributed by atoms with Gasteiger partial charge < -0.3 is 10.5 Å². The van der Waals surface area contributed by atoms with Crippen LogP contribution >= 0.6 is 22.6 Å². The molecule has 0 spiro atoms. The lowest BCUT2D eigenvalue weighted by Gasteiger charge is -2.15. The lowest BCUT2D eigenvalue weighted by Crippen LogP contribution is -2.15. The number of halogens is 1. The molecule has 1 unspecified atom stereocenters. The number of aromatic nitrogens is 2. The average molecular weight is 361 g/mol. The first-order valence-corrected chi connectivity index (χ1v) is 7.54. The summed E-state index contributed by atoms with van der Waals surface area (Å²) in [6, 6.07) is 0. The minimum absolute atomic E-state index is 0.126. The number of nitrogens with zero attached hydrogens (tertiary/aromatic N) is 2. The van der Waals surface area contributed by atoms with Crippen molar-refractivity contribution in [3.63, 3.8) is 0 Å². The number of rotatable bonds is 4. The van der Waals surface area contributed by atoms with Crippen LogP contribution in [0.25, 0.3) is 0 Å². The number of hydrogen-bond donors (Lipinski definition) is 1. The van der Waals surface area contributed by atoms with E-state index in [1.165, 1.54) is 25.7 Å². The number of methoxy groups -OCH3 is 1. The van der Waals surface area contributed by atoms with E-state index in [2.05, 4.69) is 27.6 Å². The van der Waals surface area contributed by atoms with Crippen molar-refractivity contribution in [2.45, 2.75) is 51.0 Å². The van der Waals surface area contributed by atoms with Gasteiger partial charge in [-0.05, 0) is 42.4 Å². The van der Waals surface area contributed by atoms with Gasteiger partial charge in [-0.25, -0.2) is 9.97 Å². The van der Waals surface area contributed by atoms with Crippen LogP contribution in [-0.2, 0) is 11.2 Å². The fourth-order valence-corrected chi connectivity index (χ4v) is 3.12. The maximum absolute atomic E-state index is 6.01. The Kier molecular flexibility index (Phi) is 4.77. The second-order valence-electron chi connectivity index (χ2n) is 4.96. The minimum atomic E-state index is 0.126. The summed E-state index contributed by atoms with van der Waals surface area (Å²) in [7, 11) is 1.71. The Balaban J connectivity index is 2.27. The van der Waals surface area contributed by atoms with Crippen LogP contribution in [0.1, 0.15) is 50.0 Å². The first-order chi connectivity index (χ1) is 8.61. The van der Waals surface area contributed by atoms with Gasteiger partial charge in [0.25, 0.3) is 0 Å². The second-order valence-corrected chi connectivity index (χ2v) is 6.03. The predicted molar refractivity (Wildman–Crippen MR) is 80.5 cm³/mol. The van der Waals surface area contributed by atoms with E-state index in [1.807, 2.05) is 6.92 Å². The Morgan fingerprint density at radius 3 is 2.67 bits per heavy atom. The molecule has 1 saturated carbocycles. The molecule has 0 saturated heterocycles. The highest BCUT2D eigenvalue weighted by atomic mass is 127. The zero-order valence-electron chi connectivity index (χ0n) is 10.9. The normalized spacial score (nSPS) is 18.2. The van der Waals surface area contributed by atoms with Crippen molar-refractivity contribution in [1.82, 2.24) is 9.97 Å². The molecule has 1 aromatic heterocycles. The second kappa shape index (κ2) is 6.14. The van der Waals surface area contributed by atoms with Crippen LogP contribution in [0.2, 0.25) is 0 Å². The summed E-state index contributed by atoms with van der Waals surface area (Å²) >= 11 is 2.27. The smallest absolute Gasteiger partial charge is 0.140 e. The fraction of sp³-hybridized carbons (Fsp3) is 0.692. The van der Waals surface area contributed by atoms with Crippen molar-refractivity contribution >= 4 is 28.4 Å². The molecule has 1 aromatic rings. The van der Waals surface area contributed by atoms with Crippen LogP contribution in [0.5, 0.6) is 0 Å². The van der Waals surface area contributed by atoms with Gasteiger partial charge in [0.15, 0.2) is 0 Å². The van der Waals surface area contributed by atoms with Crippen LogP contribution < -0.4 is 5.73 Å². The van der Waals surface area contributed by atoms with Crippen LogP contribution in [0.15, 0.2) is 0 Å². The summed E-state index contributed by atoms with van der Waals surface area (Å²) < 4.78 is 6.30. The van der Waals surface area contributed by atoms with Gasteiger partial charge in [0.1, 0.15) is 11.6 Å². The molecule has 1 aliphatic rings. The maximum Gasteiger partial charge on any atom is 0.140 e. The summed E-state index contributed by atoms with van der Waals surface area (Å²) in [6.07, 6.45) is 5.90. The Hall–Kier alpha value is -0.430. The number of hydrogen-bond acceptors (Lipinski definition) is 4. The molecule has 0 aromatic carbocycles. The number of nitrogen functional groups attached to an aromatic ring is 1. The highest BCUT2D eigenvalue weighted by Gasteiger charge is 2.23. The fourth-order valence-electron chi connectivity index (χ4n) is 2.43. The van der Waals surface area contributed by atoms with Crippen molar-refractivity contribution in [2.24, 2.45) is 0 Å². The van der Waals surface area contributed by atoms with Crippen molar-refractivity contribution in [3.05, 3.63) is 15.1 Å². The third-order valence-electron chi connectivity index (χ3n) is 3.56. The third kappa shape index (κ3) is 3.12. The van der Waals surface area contributed by atoms with Crippen molar-refractivity contribution in [2.75, 3.05) is 12.8 Å². The monoisotopic (exact) mass is 361 g/mol. The quantitative estimate of drug-likeness (QED) is 0.838. The van der Waals surface area contributed by atoms with E-state index in [1.54, 1.807) is 7.11 Å². The van der Waals surface area contributed by atoms with E-state index in [0.29, 0.717) is 11.7 Å². The summed E-state index contributed by atoms with van der Waals surface area (Å²) in [5.41, 5.74) is 7.16. The van der Waals surface area contributed by atoms with Crippen molar-refractivity contribution < 1.29 is 4.74 Å². The third-order valence-corrected chi connectivity index (χ3v) is 4.67. The van der Waals surface area contributed by atoms with Crippen LogP contribution in [0.3, 0.4) is 0 Å². The van der Waals surface area contributed by atoms with Gasteiger partial charge in [-0.3, -0.25) is 0 Å². The molecule has 2 rings (SSSR count). The van der Waals surface area contributed by atoms with E-state index >= 15 is 0 Å². The average Bonchev–Trinajstić information content (AvgIpc) is 2.87. The van der Waals surface area contributed by atoms with Crippen LogP contribution in [0, 0.1) is 3.57 Å². The first kappa shape index (κ1) is 14.0. The van der Waals surface area contributed by atoms with Gasteiger partial charge in [-0.15, -0.1) is 0 Å². The number of nitrogens with two attached hydrogens (primary N) is 1. The Morgan fingerprint density at radius 1 is 1.39 bits per heavy atom. The van der Waals surface area contributed by atoms with Crippen LogP contribution in [-0.4, -0.2) is 23.2 Å². The van der Waals surface area contributed by atoms with Gasteiger partial charge in [0.2, 0.25) is 0 Å². The van der Waals surface area contributed by atoms with E-state index in [0.717, 1.165) is 21.5 Å². The molecule has 18 heavy (non-hydrogen) atoms. The molecule has 2 N–H and O–H groups in total. The predicted octanol–water partition coefficient (Wildman–Crippen LogP) is 2.90. The maximum atomic E-state index is 6.01. The van der Waals surface area contributed by atoms with E-state index in [9.17, 15) is 0 Å². The highest BCUT2D eigenvalue weighted by molar-refractivity contribution is 14.1. The lowest BCUT2D eigenvalue weighted by atomic mass is 10.0. The van der Waals surface area contributed by atoms with E-state index in [4.69, 9.17) is 15.5 Å². The van der Waals surface area contributed by atoms with Gasteiger partial charge in [0, 0.05) is 19.4 Å². The molecule has 100 valence electrons. The zero-order chi connectivity index (χ0) is 13.1. The zero-order valence-corrected chi connectivity index (χ0v) is 13.1. The Bertz CT molecular complexity index is 419. The first-order valence-electron chi connectivity index (χ1n) is 6.46. The summed E-state index contributed by atoms with van der Waals surface area (Å²) in [4.78, 5) is 9.10. The molecule has 1 atom stereocenters. The van der Waals surface area contributed by atoms with Crippen molar-refractivity contribution in [1.29, 1.82) is 0 Å². The van der Waals surface area contributed by atoms with Gasteiger partial charge >= 0.3 is 0 Å². The lowest BCUT2D eigenvalue weighted by molar-refractivity contribution is 0.117. The van der Waals surface area contributed by atoms with E-state index in [-0.39, 0.29) is 6.10 Å². The molecule has 4 nitrogen and oxygen atoms in total. The molecule has 0 aliphatic heterocycles. The molecule has 0 bridgehead atoms. The minimum Gasteiger partial charge on any atom is -0.383 e. The summed E-state index contributed by atoms with van der Waals surface area (Å²) in [5.74, 6) is 1.99. The molecule has 5 heteroatoms. The summed E-state index contributed by atoms with van der Waals surface area (Å²) in [6.45, 7) is 2.02. The Labute approximate surface area is 122 Å². The standard InChI is InChI=1S/C13H20IN3O/c1-8(18-2)7-10-16-12(9-5-3-4-6-9)11(14)13(15)17-10/h8-9H,3-7H2,1-2H3,(H2,15,16,17). The summed E-state index contributed by atoms with van der Waals surface area (Å²) in [5, 5.41) is 0. The molecule has 1 fully saturated rings. The number of ether oxygens (including phenoxy) is 1. The molecule has 1 heterocycles.